The molecule has 2 aromatic rings. The van der Waals surface area contributed by atoms with Crippen LogP contribution in [0.5, 0.6) is 0 Å². The highest BCUT2D eigenvalue weighted by molar-refractivity contribution is 6.31. The van der Waals surface area contributed by atoms with Gasteiger partial charge in [-0.25, -0.2) is 0 Å². The molecular weight excluding hydrogens is 251 g/mol. The summed E-state index contributed by atoms with van der Waals surface area (Å²) in [5, 5.41) is 14.8. The first-order chi connectivity index (χ1) is 7.63. The molecule has 1 atom stereocenters. The highest BCUT2D eigenvalue weighted by Crippen LogP contribution is 2.30. The van der Waals surface area contributed by atoms with E-state index in [1.807, 2.05) is 6.92 Å². The Hall–Kier alpha value is -0.970. The van der Waals surface area contributed by atoms with Gasteiger partial charge in [-0.1, -0.05) is 11.6 Å². The van der Waals surface area contributed by atoms with Crippen molar-refractivity contribution in [2.24, 2.45) is 0 Å². The van der Waals surface area contributed by atoms with Gasteiger partial charge in [0.25, 0.3) is 0 Å². The quantitative estimate of drug-likeness (QED) is 0.924. The zero-order chi connectivity index (χ0) is 11.7. The number of rotatable bonds is 3. The molecule has 0 aliphatic heterocycles. The van der Waals surface area contributed by atoms with E-state index in [4.69, 9.17) is 27.6 Å². The summed E-state index contributed by atoms with van der Waals surface area (Å²) in [4.78, 5) is 0. The Morgan fingerprint density at radius 1 is 1.50 bits per heavy atom. The molecule has 0 aliphatic rings. The SMILES string of the molecule is CCn1ncc(Cl)c1C(O)c1ccc(Cl)o1. The number of aromatic nitrogens is 2. The molecule has 4 nitrogen and oxygen atoms in total. The molecule has 0 aromatic carbocycles. The molecule has 6 heteroatoms. The molecule has 0 aliphatic carbocycles. The molecule has 0 fully saturated rings. The number of hydrogen-bond acceptors (Lipinski definition) is 3. The maximum Gasteiger partial charge on any atom is 0.193 e. The lowest BCUT2D eigenvalue weighted by molar-refractivity contribution is 0.179. The lowest BCUT2D eigenvalue weighted by Gasteiger charge is -2.10. The van der Waals surface area contributed by atoms with Crippen molar-refractivity contribution in [1.29, 1.82) is 0 Å². The molecule has 2 aromatic heterocycles. The number of furan rings is 1. The van der Waals surface area contributed by atoms with Crippen molar-refractivity contribution in [3.8, 4) is 0 Å². The number of aryl methyl sites for hydroxylation is 1. The summed E-state index contributed by atoms with van der Waals surface area (Å²) in [6.45, 7) is 2.53. The first-order valence-electron chi connectivity index (χ1n) is 4.78. The van der Waals surface area contributed by atoms with Gasteiger partial charge in [-0.15, -0.1) is 0 Å². The molecule has 86 valence electrons. The number of aliphatic hydroxyl groups is 1. The lowest BCUT2D eigenvalue weighted by Crippen LogP contribution is -2.08. The van der Waals surface area contributed by atoms with Gasteiger partial charge < -0.3 is 9.52 Å². The zero-order valence-electron chi connectivity index (χ0n) is 8.52. The molecule has 2 rings (SSSR count). The maximum atomic E-state index is 10.1. The van der Waals surface area contributed by atoms with E-state index in [9.17, 15) is 5.11 Å². The van der Waals surface area contributed by atoms with Gasteiger partial charge in [0, 0.05) is 6.54 Å². The summed E-state index contributed by atoms with van der Waals surface area (Å²) in [6.07, 6.45) is 0.538. The molecule has 0 bridgehead atoms. The van der Waals surface area contributed by atoms with Crippen LogP contribution in [0.2, 0.25) is 10.2 Å². The Balaban J connectivity index is 2.40. The molecule has 0 radical (unpaired) electrons. The number of nitrogens with zero attached hydrogens (tertiary/aromatic N) is 2. The van der Waals surface area contributed by atoms with Crippen molar-refractivity contribution in [3.05, 3.63) is 40.0 Å². The van der Waals surface area contributed by atoms with Crippen LogP contribution in [0.15, 0.2) is 22.7 Å². The minimum Gasteiger partial charge on any atom is -0.447 e. The summed E-state index contributed by atoms with van der Waals surface area (Å²) in [6, 6.07) is 3.18. The molecule has 0 saturated carbocycles. The predicted octanol–water partition coefficient (Wildman–Crippen LogP) is 2.88. The lowest BCUT2D eigenvalue weighted by atomic mass is 10.2. The van der Waals surface area contributed by atoms with E-state index >= 15 is 0 Å². The van der Waals surface area contributed by atoms with Crippen molar-refractivity contribution in [1.82, 2.24) is 9.78 Å². The second-order valence-corrected chi connectivity index (χ2v) is 4.02. The van der Waals surface area contributed by atoms with Crippen LogP contribution < -0.4 is 0 Å². The van der Waals surface area contributed by atoms with Crippen molar-refractivity contribution in [2.75, 3.05) is 0 Å². The van der Waals surface area contributed by atoms with Gasteiger partial charge in [0.1, 0.15) is 5.76 Å². The summed E-state index contributed by atoms with van der Waals surface area (Å²) in [7, 11) is 0. The second-order valence-electron chi connectivity index (χ2n) is 3.24. The fraction of sp³-hybridized carbons (Fsp3) is 0.300. The standard InChI is InChI=1S/C10H10Cl2N2O2/c1-2-14-9(6(11)5-13-14)10(15)7-3-4-8(12)16-7/h3-5,10,15H,2H2,1H3. The van der Waals surface area contributed by atoms with Gasteiger partial charge in [-0.05, 0) is 30.7 Å². The normalized spacial score (nSPS) is 13.0. The smallest absolute Gasteiger partial charge is 0.193 e. The van der Waals surface area contributed by atoms with E-state index in [2.05, 4.69) is 5.10 Å². The highest BCUT2D eigenvalue weighted by atomic mass is 35.5. The van der Waals surface area contributed by atoms with E-state index < -0.39 is 6.10 Å². The predicted molar refractivity (Wildman–Crippen MR) is 60.7 cm³/mol. The first kappa shape index (κ1) is 11.5. The van der Waals surface area contributed by atoms with Gasteiger partial charge in [0.15, 0.2) is 11.3 Å². The molecule has 0 spiro atoms. The molecule has 0 saturated heterocycles. The Labute approximate surface area is 102 Å². The van der Waals surface area contributed by atoms with Crippen molar-refractivity contribution in [2.45, 2.75) is 19.6 Å². The van der Waals surface area contributed by atoms with Crippen LogP contribution in [0, 0.1) is 0 Å². The third-order valence-electron chi connectivity index (χ3n) is 2.26. The van der Waals surface area contributed by atoms with Crippen LogP contribution in [0.25, 0.3) is 0 Å². The van der Waals surface area contributed by atoms with Crippen molar-refractivity contribution < 1.29 is 9.52 Å². The summed E-state index contributed by atoms with van der Waals surface area (Å²) in [5.74, 6) is 0.349. The Morgan fingerprint density at radius 3 is 2.81 bits per heavy atom. The molecule has 0 amide bonds. The number of hydrogen-bond donors (Lipinski definition) is 1. The molecule has 16 heavy (non-hydrogen) atoms. The van der Waals surface area contributed by atoms with E-state index in [0.717, 1.165) is 0 Å². The van der Waals surface area contributed by atoms with Crippen LogP contribution >= 0.6 is 23.2 Å². The average molecular weight is 261 g/mol. The van der Waals surface area contributed by atoms with Gasteiger partial charge >= 0.3 is 0 Å². The first-order valence-corrected chi connectivity index (χ1v) is 5.53. The monoisotopic (exact) mass is 260 g/mol. The third kappa shape index (κ3) is 1.96. The topological polar surface area (TPSA) is 51.2 Å². The summed E-state index contributed by atoms with van der Waals surface area (Å²) >= 11 is 11.6. The van der Waals surface area contributed by atoms with Gasteiger partial charge in [0.2, 0.25) is 0 Å². The Bertz CT molecular complexity index is 493. The van der Waals surface area contributed by atoms with Gasteiger partial charge in [0.05, 0.1) is 16.9 Å². The second kappa shape index (κ2) is 4.49. The van der Waals surface area contributed by atoms with Crippen molar-refractivity contribution in [3.63, 3.8) is 0 Å². The van der Waals surface area contributed by atoms with Crippen LogP contribution in [-0.2, 0) is 6.54 Å². The van der Waals surface area contributed by atoms with E-state index in [1.54, 1.807) is 16.8 Å². The summed E-state index contributed by atoms with van der Waals surface area (Å²) in [5.41, 5.74) is 0.509. The maximum absolute atomic E-state index is 10.1. The van der Waals surface area contributed by atoms with Crippen LogP contribution in [0.3, 0.4) is 0 Å². The molecule has 2 heterocycles. The third-order valence-corrected chi connectivity index (χ3v) is 2.75. The van der Waals surface area contributed by atoms with Crippen LogP contribution in [0.1, 0.15) is 24.5 Å². The van der Waals surface area contributed by atoms with E-state index in [0.29, 0.717) is 23.0 Å². The summed E-state index contributed by atoms with van der Waals surface area (Å²) < 4.78 is 6.75. The van der Waals surface area contributed by atoms with Crippen LogP contribution in [-0.4, -0.2) is 14.9 Å². The minimum absolute atomic E-state index is 0.229. The van der Waals surface area contributed by atoms with E-state index in [-0.39, 0.29) is 5.22 Å². The fourth-order valence-corrected chi connectivity index (χ4v) is 1.90. The fourth-order valence-electron chi connectivity index (χ4n) is 1.51. The minimum atomic E-state index is -0.956. The Morgan fingerprint density at radius 2 is 2.25 bits per heavy atom. The average Bonchev–Trinajstić information content (AvgIpc) is 2.83. The van der Waals surface area contributed by atoms with E-state index in [1.165, 1.54) is 6.20 Å². The largest absolute Gasteiger partial charge is 0.447 e. The highest BCUT2D eigenvalue weighted by Gasteiger charge is 2.22. The molecule has 1 N–H and O–H groups in total. The number of aliphatic hydroxyl groups excluding tert-OH is 1. The van der Waals surface area contributed by atoms with Crippen molar-refractivity contribution >= 4 is 23.2 Å². The van der Waals surface area contributed by atoms with Gasteiger partial charge in [-0.2, -0.15) is 5.10 Å². The molecule has 1 unspecified atom stereocenters. The molecular formula is C10H10Cl2N2O2. The van der Waals surface area contributed by atoms with Crippen LogP contribution in [0.4, 0.5) is 0 Å². The Kier molecular flexibility index (Phi) is 3.23. The zero-order valence-corrected chi connectivity index (χ0v) is 10.0. The van der Waals surface area contributed by atoms with Gasteiger partial charge in [-0.3, -0.25) is 4.68 Å². The number of halogens is 2.